The molecule has 6 unspecified atom stereocenters. The van der Waals surface area contributed by atoms with Crippen molar-refractivity contribution in [1.82, 2.24) is 4.90 Å². The SMILES string of the molecule is CC(CC(=O)O)C1C(O)C(C(C)CC(=O)O)C(O)C(N(C)CC(=O)O)C1O. The minimum atomic E-state index is -1.39. The van der Waals surface area contributed by atoms with Crippen molar-refractivity contribution in [3.05, 3.63) is 0 Å². The highest BCUT2D eigenvalue weighted by atomic mass is 16.4. The van der Waals surface area contributed by atoms with Crippen LogP contribution < -0.4 is 0 Å². The molecule has 0 radical (unpaired) electrons. The Bertz CT molecular complexity index is 466. The summed E-state index contributed by atoms with van der Waals surface area (Å²) in [6.45, 7) is 2.58. The van der Waals surface area contributed by atoms with Crippen LogP contribution in [0.3, 0.4) is 0 Å². The minimum Gasteiger partial charge on any atom is -0.481 e. The van der Waals surface area contributed by atoms with E-state index in [1.54, 1.807) is 0 Å². The number of carbonyl (C=O) groups is 3. The summed E-state index contributed by atoms with van der Waals surface area (Å²) < 4.78 is 0. The lowest BCUT2D eigenvalue weighted by Crippen LogP contribution is -2.66. The molecule has 0 aromatic carbocycles. The van der Waals surface area contributed by atoms with E-state index < -0.39 is 72.5 Å². The number of rotatable bonds is 9. The monoisotopic (exact) mass is 391 g/mol. The van der Waals surface area contributed by atoms with Gasteiger partial charge in [-0.25, -0.2) is 0 Å². The number of aliphatic hydroxyl groups excluding tert-OH is 3. The number of hydrogen-bond acceptors (Lipinski definition) is 7. The van der Waals surface area contributed by atoms with Crippen LogP contribution in [0.1, 0.15) is 26.7 Å². The molecule has 1 aliphatic rings. The quantitative estimate of drug-likeness (QED) is 0.283. The molecule has 0 aliphatic heterocycles. The molecule has 1 rings (SSSR count). The van der Waals surface area contributed by atoms with Crippen LogP contribution in [0.5, 0.6) is 0 Å². The molecule has 0 aromatic rings. The molecule has 1 aliphatic carbocycles. The molecule has 6 N–H and O–H groups in total. The Balaban J connectivity index is 3.28. The lowest BCUT2D eigenvalue weighted by molar-refractivity contribution is -0.185. The Morgan fingerprint density at radius 2 is 1.15 bits per heavy atom. The fourth-order valence-corrected chi connectivity index (χ4v) is 4.33. The van der Waals surface area contributed by atoms with E-state index in [0.717, 1.165) is 0 Å². The van der Waals surface area contributed by atoms with E-state index in [1.807, 2.05) is 0 Å². The Hall–Kier alpha value is -1.75. The number of likely N-dealkylation sites (N-methyl/N-ethyl adjacent to an activating group) is 1. The zero-order valence-corrected chi connectivity index (χ0v) is 15.6. The average Bonchev–Trinajstić information content (AvgIpc) is 2.43. The summed E-state index contributed by atoms with van der Waals surface area (Å²) >= 11 is 0. The average molecular weight is 391 g/mol. The molecule has 1 saturated carbocycles. The van der Waals surface area contributed by atoms with Crippen LogP contribution in [0.25, 0.3) is 0 Å². The maximum absolute atomic E-state index is 11.1. The van der Waals surface area contributed by atoms with Gasteiger partial charge in [0.15, 0.2) is 0 Å². The Morgan fingerprint density at radius 1 is 0.778 bits per heavy atom. The summed E-state index contributed by atoms with van der Waals surface area (Å²) in [7, 11) is 1.39. The maximum Gasteiger partial charge on any atom is 0.317 e. The summed E-state index contributed by atoms with van der Waals surface area (Å²) in [6.07, 6.45) is -4.80. The van der Waals surface area contributed by atoms with Crippen LogP contribution in [-0.4, -0.2) is 91.4 Å². The van der Waals surface area contributed by atoms with Crippen molar-refractivity contribution in [3.63, 3.8) is 0 Å². The third-order valence-corrected chi connectivity index (χ3v) is 5.48. The van der Waals surface area contributed by atoms with Crippen molar-refractivity contribution < 1.29 is 45.0 Å². The predicted octanol–water partition coefficient (Wildman–Crippen LogP) is -1.08. The first-order valence-corrected chi connectivity index (χ1v) is 8.78. The second-order valence-electron chi connectivity index (χ2n) is 7.58. The summed E-state index contributed by atoms with van der Waals surface area (Å²) in [5.41, 5.74) is 0. The zero-order valence-electron chi connectivity index (χ0n) is 15.6. The Kier molecular flexibility index (Phi) is 8.15. The van der Waals surface area contributed by atoms with Crippen molar-refractivity contribution >= 4 is 17.9 Å². The van der Waals surface area contributed by atoms with Gasteiger partial charge in [-0.3, -0.25) is 19.3 Å². The van der Waals surface area contributed by atoms with Gasteiger partial charge in [-0.2, -0.15) is 0 Å². The van der Waals surface area contributed by atoms with Crippen molar-refractivity contribution in [1.29, 1.82) is 0 Å². The molecule has 0 aromatic heterocycles. The molecule has 0 heterocycles. The van der Waals surface area contributed by atoms with Crippen LogP contribution >= 0.6 is 0 Å². The van der Waals surface area contributed by atoms with Gasteiger partial charge in [-0.15, -0.1) is 0 Å². The molecule has 10 nitrogen and oxygen atoms in total. The van der Waals surface area contributed by atoms with Crippen molar-refractivity contribution in [2.24, 2.45) is 23.7 Å². The topological polar surface area (TPSA) is 176 Å². The predicted molar refractivity (Wildman–Crippen MR) is 91.9 cm³/mol. The second-order valence-corrected chi connectivity index (χ2v) is 7.58. The van der Waals surface area contributed by atoms with Crippen molar-refractivity contribution in [2.75, 3.05) is 13.6 Å². The van der Waals surface area contributed by atoms with E-state index in [9.17, 15) is 29.7 Å². The fourth-order valence-electron chi connectivity index (χ4n) is 4.33. The van der Waals surface area contributed by atoms with E-state index in [4.69, 9.17) is 15.3 Å². The molecule has 156 valence electrons. The molecular formula is C17H29NO9. The van der Waals surface area contributed by atoms with Gasteiger partial charge < -0.3 is 30.6 Å². The fraction of sp³-hybridized carbons (Fsp3) is 0.824. The van der Waals surface area contributed by atoms with Crippen LogP contribution in [0.15, 0.2) is 0 Å². The third-order valence-electron chi connectivity index (χ3n) is 5.48. The van der Waals surface area contributed by atoms with Crippen molar-refractivity contribution in [2.45, 2.75) is 51.0 Å². The summed E-state index contributed by atoms with van der Waals surface area (Å²) in [6, 6.07) is -1.09. The standard InChI is InChI=1S/C17H29NO9/c1-7(4-9(19)20)12-15(25)13(8(2)5-10(21)22)17(27)14(16(12)26)18(3)6-11(23)24/h7-8,12-17,25-27H,4-6H2,1-3H3,(H,19,20)(H,21,22)(H,23,24). The normalized spacial score (nSPS) is 33.4. The third kappa shape index (κ3) is 5.61. The highest BCUT2D eigenvalue weighted by molar-refractivity contribution is 5.69. The van der Waals surface area contributed by atoms with Crippen molar-refractivity contribution in [3.8, 4) is 0 Å². The van der Waals surface area contributed by atoms with Gasteiger partial charge in [-0.1, -0.05) is 13.8 Å². The molecule has 27 heavy (non-hydrogen) atoms. The summed E-state index contributed by atoms with van der Waals surface area (Å²) in [4.78, 5) is 34.4. The van der Waals surface area contributed by atoms with Gasteiger partial charge in [0.2, 0.25) is 0 Å². The van der Waals surface area contributed by atoms with E-state index in [0.29, 0.717) is 0 Å². The van der Waals surface area contributed by atoms with Gasteiger partial charge in [0.1, 0.15) is 0 Å². The van der Waals surface area contributed by atoms with E-state index >= 15 is 0 Å². The smallest absolute Gasteiger partial charge is 0.317 e. The molecule has 6 atom stereocenters. The van der Waals surface area contributed by atoms with Crippen LogP contribution in [0.4, 0.5) is 0 Å². The number of hydrogen-bond donors (Lipinski definition) is 6. The van der Waals surface area contributed by atoms with Crippen LogP contribution in [0, 0.1) is 23.7 Å². The number of nitrogens with zero attached hydrogens (tertiary/aromatic N) is 1. The molecule has 10 heteroatoms. The first-order valence-electron chi connectivity index (χ1n) is 8.78. The number of carboxylic acid groups (broad SMARTS) is 3. The number of carboxylic acids is 3. The van der Waals surface area contributed by atoms with Gasteiger partial charge in [0, 0.05) is 24.7 Å². The van der Waals surface area contributed by atoms with Gasteiger partial charge >= 0.3 is 17.9 Å². The largest absolute Gasteiger partial charge is 0.481 e. The Labute approximate surface area is 157 Å². The first kappa shape index (κ1) is 23.3. The number of aliphatic carboxylic acids is 3. The van der Waals surface area contributed by atoms with E-state index in [1.165, 1.54) is 25.8 Å². The van der Waals surface area contributed by atoms with E-state index in [-0.39, 0.29) is 12.8 Å². The molecule has 0 bridgehead atoms. The molecule has 1 fully saturated rings. The lowest BCUT2D eigenvalue weighted by atomic mass is 9.63. The molecule has 0 amide bonds. The van der Waals surface area contributed by atoms with E-state index in [2.05, 4.69) is 0 Å². The van der Waals surface area contributed by atoms with Gasteiger partial charge in [0.05, 0.1) is 30.9 Å². The minimum absolute atomic E-state index is 0.343. The highest BCUT2D eigenvalue weighted by Gasteiger charge is 2.53. The number of aliphatic hydroxyl groups is 3. The molecule has 0 spiro atoms. The Morgan fingerprint density at radius 3 is 1.44 bits per heavy atom. The zero-order chi connectivity index (χ0) is 21.0. The van der Waals surface area contributed by atoms with Gasteiger partial charge in [0.25, 0.3) is 0 Å². The lowest BCUT2D eigenvalue weighted by Gasteiger charge is -2.51. The highest BCUT2D eigenvalue weighted by Crippen LogP contribution is 2.41. The summed E-state index contributed by atoms with van der Waals surface area (Å²) in [5.74, 6) is -6.73. The molecule has 0 saturated heterocycles. The summed E-state index contributed by atoms with van der Waals surface area (Å²) in [5, 5.41) is 59.4. The second kappa shape index (κ2) is 9.45. The van der Waals surface area contributed by atoms with Crippen LogP contribution in [0.2, 0.25) is 0 Å². The molecular weight excluding hydrogens is 362 g/mol. The maximum atomic E-state index is 11.1. The van der Waals surface area contributed by atoms with Crippen LogP contribution in [-0.2, 0) is 14.4 Å². The van der Waals surface area contributed by atoms with Gasteiger partial charge in [-0.05, 0) is 18.9 Å². The first-order chi connectivity index (χ1) is 12.4.